The molecule has 9 heteroatoms. The number of ether oxygens (including phenoxy) is 2. The Morgan fingerprint density at radius 1 is 1.19 bits per heavy atom. The van der Waals surface area contributed by atoms with Crippen molar-refractivity contribution < 1.29 is 18.8 Å². The number of amides is 1. The number of hydrogen-bond acceptors (Lipinski definition) is 7. The third-order valence-electron chi connectivity index (χ3n) is 4.79. The second kappa shape index (κ2) is 9.46. The van der Waals surface area contributed by atoms with Crippen LogP contribution >= 0.6 is 0 Å². The standard InChI is InChI=1S/C22H26N4O5/c1-13(2)26-14(3)6-8-16(22(26)28)21-24-20(31-25-21)11-10-19(27)23-17-9-7-15(29-4)12-18(17)30-5/h6-9,12-13H,10-11H2,1-5H3,(H,23,27). The van der Waals surface area contributed by atoms with Gasteiger partial charge in [0.15, 0.2) is 0 Å². The molecule has 0 unspecified atom stereocenters. The van der Waals surface area contributed by atoms with Crippen molar-refractivity contribution in [3.05, 3.63) is 52.3 Å². The Labute approximate surface area is 180 Å². The minimum atomic E-state index is -0.235. The molecule has 1 amide bonds. The number of nitrogens with one attached hydrogen (secondary N) is 1. The number of nitrogens with zero attached hydrogens (tertiary/aromatic N) is 3. The van der Waals surface area contributed by atoms with E-state index in [1.165, 1.54) is 7.11 Å². The molecule has 0 aliphatic carbocycles. The average molecular weight is 426 g/mol. The number of hydrogen-bond donors (Lipinski definition) is 1. The van der Waals surface area contributed by atoms with Gasteiger partial charge >= 0.3 is 0 Å². The van der Waals surface area contributed by atoms with Crippen LogP contribution in [0, 0.1) is 6.92 Å². The predicted octanol–water partition coefficient (Wildman–Crippen LogP) is 3.38. The third kappa shape index (κ3) is 4.93. The van der Waals surface area contributed by atoms with Crippen molar-refractivity contribution >= 4 is 11.6 Å². The van der Waals surface area contributed by atoms with Crippen molar-refractivity contribution in [3.8, 4) is 22.9 Å². The van der Waals surface area contributed by atoms with Gasteiger partial charge in [0.1, 0.15) is 11.5 Å². The zero-order valence-electron chi connectivity index (χ0n) is 18.3. The number of carbonyl (C=O) groups excluding carboxylic acids is 1. The number of pyridine rings is 1. The summed E-state index contributed by atoms with van der Waals surface area (Å²) in [7, 11) is 3.07. The largest absolute Gasteiger partial charge is 0.497 e. The summed E-state index contributed by atoms with van der Waals surface area (Å²) in [6.07, 6.45) is 0.364. The maximum absolute atomic E-state index is 12.8. The van der Waals surface area contributed by atoms with Crippen LogP contribution in [0.25, 0.3) is 11.4 Å². The zero-order valence-corrected chi connectivity index (χ0v) is 18.3. The fraction of sp³-hybridized carbons (Fsp3) is 0.364. The molecule has 3 aromatic rings. The summed E-state index contributed by atoms with van der Waals surface area (Å²) in [6, 6.07) is 8.67. The highest BCUT2D eigenvalue weighted by atomic mass is 16.5. The van der Waals surface area contributed by atoms with Crippen LogP contribution in [0.2, 0.25) is 0 Å². The van der Waals surface area contributed by atoms with Crippen molar-refractivity contribution in [1.82, 2.24) is 14.7 Å². The average Bonchev–Trinajstić information content (AvgIpc) is 3.21. The monoisotopic (exact) mass is 426 g/mol. The van der Waals surface area contributed by atoms with Crippen molar-refractivity contribution in [3.63, 3.8) is 0 Å². The molecule has 9 nitrogen and oxygen atoms in total. The zero-order chi connectivity index (χ0) is 22.5. The maximum atomic E-state index is 12.8. The van der Waals surface area contributed by atoms with Crippen LogP contribution in [0.15, 0.2) is 39.6 Å². The highest BCUT2D eigenvalue weighted by Crippen LogP contribution is 2.29. The van der Waals surface area contributed by atoms with E-state index >= 15 is 0 Å². The first-order chi connectivity index (χ1) is 14.8. The number of aryl methyl sites for hydroxylation is 2. The van der Waals surface area contributed by atoms with E-state index in [1.807, 2.05) is 26.8 Å². The van der Waals surface area contributed by atoms with Gasteiger partial charge in [-0.3, -0.25) is 9.59 Å². The van der Waals surface area contributed by atoms with E-state index in [2.05, 4.69) is 15.5 Å². The molecule has 0 bridgehead atoms. The van der Waals surface area contributed by atoms with Gasteiger partial charge in [0.25, 0.3) is 5.56 Å². The molecule has 1 aromatic carbocycles. The first-order valence-corrected chi connectivity index (χ1v) is 9.91. The fourth-order valence-electron chi connectivity index (χ4n) is 3.26. The number of benzene rings is 1. The number of methoxy groups -OCH3 is 2. The molecule has 0 aliphatic heterocycles. The van der Waals surface area contributed by atoms with Crippen molar-refractivity contribution in [1.29, 1.82) is 0 Å². The quantitative estimate of drug-likeness (QED) is 0.588. The minimum Gasteiger partial charge on any atom is -0.497 e. The molecule has 0 spiro atoms. The summed E-state index contributed by atoms with van der Waals surface area (Å²) >= 11 is 0. The van der Waals surface area contributed by atoms with Crippen LogP contribution in [-0.2, 0) is 11.2 Å². The van der Waals surface area contributed by atoms with Gasteiger partial charge in [-0.05, 0) is 45.0 Å². The number of aromatic nitrogens is 3. The van der Waals surface area contributed by atoms with E-state index in [-0.39, 0.29) is 42.1 Å². The summed E-state index contributed by atoms with van der Waals surface area (Å²) in [6.45, 7) is 5.76. The van der Waals surface area contributed by atoms with Crippen LogP contribution in [-0.4, -0.2) is 34.8 Å². The molecule has 0 fully saturated rings. The van der Waals surface area contributed by atoms with Crippen LogP contribution in [0.1, 0.15) is 37.9 Å². The Balaban J connectivity index is 1.68. The molecular formula is C22H26N4O5. The molecule has 2 heterocycles. The van der Waals surface area contributed by atoms with Gasteiger partial charge in [-0.2, -0.15) is 4.98 Å². The number of carbonyl (C=O) groups is 1. The van der Waals surface area contributed by atoms with Gasteiger partial charge in [0, 0.05) is 30.6 Å². The van der Waals surface area contributed by atoms with Gasteiger partial charge in [-0.25, -0.2) is 0 Å². The molecule has 0 radical (unpaired) electrons. The van der Waals surface area contributed by atoms with E-state index in [0.717, 1.165) is 5.69 Å². The van der Waals surface area contributed by atoms with Crippen molar-refractivity contribution in [2.75, 3.05) is 19.5 Å². The van der Waals surface area contributed by atoms with Crippen molar-refractivity contribution in [2.45, 2.75) is 39.7 Å². The summed E-state index contributed by atoms with van der Waals surface area (Å²) in [5.41, 5.74) is 1.58. The van der Waals surface area contributed by atoms with E-state index in [0.29, 0.717) is 22.7 Å². The highest BCUT2D eigenvalue weighted by molar-refractivity contribution is 5.92. The molecule has 3 rings (SSSR count). The molecule has 2 aromatic heterocycles. The predicted molar refractivity (Wildman–Crippen MR) is 116 cm³/mol. The summed E-state index contributed by atoms with van der Waals surface area (Å²) in [4.78, 5) is 29.4. The Morgan fingerprint density at radius 3 is 2.65 bits per heavy atom. The van der Waals surface area contributed by atoms with E-state index < -0.39 is 0 Å². The topological polar surface area (TPSA) is 108 Å². The molecule has 31 heavy (non-hydrogen) atoms. The third-order valence-corrected chi connectivity index (χ3v) is 4.79. The SMILES string of the molecule is COc1ccc(NC(=O)CCc2nc(-c3ccc(C)n(C(C)C)c3=O)no2)c(OC)c1. The lowest BCUT2D eigenvalue weighted by Crippen LogP contribution is -2.25. The van der Waals surface area contributed by atoms with Crippen LogP contribution in [0.5, 0.6) is 11.5 Å². The van der Waals surface area contributed by atoms with Gasteiger partial charge in [-0.1, -0.05) is 5.16 Å². The molecule has 0 saturated carbocycles. The van der Waals surface area contributed by atoms with E-state index in [1.54, 1.807) is 35.9 Å². The second-order valence-electron chi connectivity index (χ2n) is 7.28. The lowest BCUT2D eigenvalue weighted by molar-refractivity contribution is -0.116. The maximum Gasteiger partial charge on any atom is 0.262 e. The molecule has 164 valence electrons. The van der Waals surface area contributed by atoms with Gasteiger partial charge in [-0.15, -0.1) is 0 Å². The van der Waals surface area contributed by atoms with Gasteiger partial charge < -0.3 is 23.9 Å². The van der Waals surface area contributed by atoms with Crippen LogP contribution in [0.3, 0.4) is 0 Å². The Morgan fingerprint density at radius 2 is 1.97 bits per heavy atom. The molecule has 0 atom stereocenters. The molecule has 1 N–H and O–H groups in total. The first-order valence-electron chi connectivity index (χ1n) is 9.91. The highest BCUT2D eigenvalue weighted by Gasteiger charge is 2.17. The Hall–Kier alpha value is -3.62. The molecule has 0 aliphatic rings. The van der Waals surface area contributed by atoms with Gasteiger partial charge in [0.2, 0.25) is 17.6 Å². The van der Waals surface area contributed by atoms with E-state index in [9.17, 15) is 9.59 Å². The lowest BCUT2D eigenvalue weighted by Gasteiger charge is -2.14. The summed E-state index contributed by atoms with van der Waals surface area (Å²) in [5.74, 6) is 1.38. The fourth-order valence-corrected chi connectivity index (χ4v) is 3.26. The second-order valence-corrected chi connectivity index (χ2v) is 7.28. The van der Waals surface area contributed by atoms with Crippen molar-refractivity contribution in [2.24, 2.45) is 0 Å². The Bertz CT molecular complexity index is 1130. The first kappa shape index (κ1) is 22.1. The summed E-state index contributed by atoms with van der Waals surface area (Å²) in [5, 5.41) is 6.71. The molecular weight excluding hydrogens is 400 g/mol. The normalized spacial score (nSPS) is 10.9. The number of rotatable bonds is 8. The van der Waals surface area contributed by atoms with Crippen LogP contribution < -0.4 is 20.3 Å². The lowest BCUT2D eigenvalue weighted by atomic mass is 10.2. The smallest absolute Gasteiger partial charge is 0.262 e. The molecule has 0 saturated heterocycles. The Kier molecular flexibility index (Phi) is 6.74. The minimum absolute atomic E-state index is 0.0115. The van der Waals surface area contributed by atoms with Gasteiger partial charge in [0.05, 0.1) is 25.5 Å². The van der Waals surface area contributed by atoms with E-state index in [4.69, 9.17) is 14.0 Å². The summed E-state index contributed by atoms with van der Waals surface area (Å²) < 4.78 is 17.4. The number of anilines is 1. The van der Waals surface area contributed by atoms with Crippen LogP contribution in [0.4, 0.5) is 5.69 Å².